The van der Waals surface area contributed by atoms with E-state index in [1.165, 1.54) is 12.3 Å². The molecule has 0 fully saturated rings. The van der Waals surface area contributed by atoms with Gasteiger partial charge in [0, 0.05) is 5.02 Å². The Morgan fingerprint density at radius 1 is 1.22 bits per heavy atom. The number of aryl methyl sites for hydroxylation is 1. The van der Waals surface area contributed by atoms with E-state index in [1.54, 1.807) is 22.9 Å². The van der Waals surface area contributed by atoms with E-state index < -0.39 is 5.97 Å². The van der Waals surface area contributed by atoms with E-state index in [9.17, 15) is 9.90 Å². The number of nitrogens with one attached hydrogen (secondary N) is 1. The first-order valence-corrected chi connectivity index (χ1v) is 8.80. The molecule has 0 aliphatic carbocycles. The molecule has 0 aliphatic rings. The normalized spacial score (nSPS) is 11.1. The lowest BCUT2D eigenvalue weighted by atomic mass is 10.2. The van der Waals surface area contributed by atoms with Crippen molar-refractivity contribution in [3.8, 4) is 0 Å². The van der Waals surface area contributed by atoms with E-state index in [1.807, 2.05) is 31.2 Å². The molecule has 0 bridgehead atoms. The van der Waals surface area contributed by atoms with Crippen LogP contribution < -0.4 is 5.43 Å². The molecule has 6 nitrogen and oxygen atoms in total. The summed E-state index contributed by atoms with van der Waals surface area (Å²) in [6, 6.07) is 14.0. The van der Waals surface area contributed by atoms with Crippen molar-refractivity contribution < 1.29 is 9.90 Å². The van der Waals surface area contributed by atoms with Crippen LogP contribution in [0, 0.1) is 6.92 Å². The number of anilines is 1. The second-order valence-corrected chi connectivity index (χ2v) is 6.59. The highest BCUT2D eigenvalue weighted by molar-refractivity contribution is 6.32. The van der Waals surface area contributed by atoms with Crippen molar-refractivity contribution in [2.24, 2.45) is 5.10 Å². The van der Waals surface area contributed by atoms with Gasteiger partial charge in [0.25, 0.3) is 0 Å². The van der Waals surface area contributed by atoms with Crippen molar-refractivity contribution in [1.29, 1.82) is 0 Å². The molecule has 8 heteroatoms. The SMILES string of the molecule is Cc1nn(Cc2ccc(Cl)cc2)c(Cl)c1/C=N/Nc1ccccc1C(=O)O. The van der Waals surface area contributed by atoms with Crippen LogP contribution in [0.15, 0.2) is 53.6 Å². The molecule has 0 aliphatic heterocycles. The third-order valence-electron chi connectivity index (χ3n) is 3.89. The molecule has 3 rings (SSSR count). The lowest BCUT2D eigenvalue weighted by molar-refractivity contribution is 0.0698. The number of benzene rings is 2. The predicted octanol–water partition coefficient (Wildman–Crippen LogP) is 4.69. The molecule has 0 radical (unpaired) electrons. The van der Waals surface area contributed by atoms with Gasteiger partial charge in [-0.1, -0.05) is 47.5 Å². The van der Waals surface area contributed by atoms with E-state index in [-0.39, 0.29) is 5.56 Å². The maximum absolute atomic E-state index is 11.2. The largest absolute Gasteiger partial charge is 0.478 e. The molecule has 0 unspecified atom stereocenters. The van der Waals surface area contributed by atoms with Crippen LogP contribution in [0.1, 0.15) is 27.2 Å². The predicted molar refractivity (Wildman–Crippen MR) is 107 cm³/mol. The number of aromatic carboxylic acids is 1. The van der Waals surface area contributed by atoms with Crippen molar-refractivity contribution in [3.05, 3.63) is 81.1 Å². The van der Waals surface area contributed by atoms with Gasteiger partial charge >= 0.3 is 5.97 Å². The minimum Gasteiger partial charge on any atom is -0.478 e. The summed E-state index contributed by atoms with van der Waals surface area (Å²) in [5, 5.41) is 18.9. The Morgan fingerprint density at radius 2 is 1.93 bits per heavy atom. The summed E-state index contributed by atoms with van der Waals surface area (Å²) in [5.41, 5.74) is 5.66. The highest BCUT2D eigenvalue weighted by Gasteiger charge is 2.12. The summed E-state index contributed by atoms with van der Waals surface area (Å²) < 4.78 is 1.67. The fourth-order valence-corrected chi connectivity index (χ4v) is 2.92. The molecule has 0 atom stereocenters. The van der Waals surface area contributed by atoms with Gasteiger partial charge in [-0.25, -0.2) is 9.48 Å². The van der Waals surface area contributed by atoms with Gasteiger partial charge in [0.2, 0.25) is 0 Å². The summed E-state index contributed by atoms with van der Waals surface area (Å²) in [6.45, 7) is 2.33. The van der Waals surface area contributed by atoms with Crippen LogP contribution in [0.3, 0.4) is 0 Å². The number of hydrogen-bond donors (Lipinski definition) is 2. The topological polar surface area (TPSA) is 79.5 Å². The Labute approximate surface area is 166 Å². The average molecular weight is 403 g/mol. The van der Waals surface area contributed by atoms with Crippen LogP contribution in [0.4, 0.5) is 5.69 Å². The van der Waals surface area contributed by atoms with Gasteiger partial charge in [-0.15, -0.1) is 0 Å². The third kappa shape index (κ3) is 4.48. The Kier molecular flexibility index (Phi) is 5.78. The quantitative estimate of drug-likeness (QED) is 0.462. The van der Waals surface area contributed by atoms with Gasteiger partial charge in [0.05, 0.1) is 35.3 Å². The molecule has 1 aromatic heterocycles. The molecule has 3 aromatic rings. The summed E-state index contributed by atoms with van der Waals surface area (Å²) in [5.74, 6) is -1.03. The van der Waals surface area contributed by atoms with Crippen molar-refractivity contribution >= 4 is 41.1 Å². The molecule has 138 valence electrons. The van der Waals surface area contributed by atoms with Gasteiger partial charge < -0.3 is 5.11 Å². The molecule has 2 aromatic carbocycles. The molecule has 2 N–H and O–H groups in total. The number of hydrogen-bond acceptors (Lipinski definition) is 4. The number of rotatable bonds is 6. The second kappa shape index (κ2) is 8.24. The van der Waals surface area contributed by atoms with Crippen LogP contribution >= 0.6 is 23.2 Å². The van der Waals surface area contributed by atoms with Crippen molar-refractivity contribution in [1.82, 2.24) is 9.78 Å². The van der Waals surface area contributed by atoms with Gasteiger partial charge in [-0.05, 0) is 36.8 Å². The number of hydrazone groups is 1. The lowest BCUT2D eigenvalue weighted by Crippen LogP contribution is -2.02. The summed E-state index contributed by atoms with van der Waals surface area (Å²) in [6.07, 6.45) is 1.53. The van der Waals surface area contributed by atoms with Crippen LogP contribution in [0.2, 0.25) is 10.2 Å². The fraction of sp³-hybridized carbons (Fsp3) is 0.105. The van der Waals surface area contributed by atoms with Crippen LogP contribution in [-0.2, 0) is 6.54 Å². The summed E-state index contributed by atoms with van der Waals surface area (Å²) in [4.78, 5) is 11.2. The number of carboxylic acid groups (broad SMARTS) is 1. The first-order valence-electron chi connectivity index (χ1n) is 8.04. The van der Waals surface area contributed by atoms with E-state index in [4.69, 9.17) is 23.2 Å². The minimum absolute atomic E-state index is 0.135. The first-order chi connectivity index (χ1) is 13.0. The fourth-order valence-electron chi connectivity index (χ4n) is 2.51. The molecule has 0 saturated heterocycles. The maximum Gasteiger partial charge on any atom is 0.337 e. The Balaban J connectivity index is 1.78. The highest BCUT2D eigenvalue weighted by Crippen LogP contribution is 2.20. The van der Waals surface area contributed by atoms with Crippen LogP contribution in [0.5, 0.6) is 0 Å². The van der Waals surface area contributed by atoms with Crippen molar-refractivity contribution in [2.45, 2.75) is 13.5 Å². The van der Waals surface area contributed by atoms with E-state index in [2.05, 4.69) is 15.6 Å². The van der Waals surface area contributed by atoms with Gasteiger partial charge in [0.1, 0.15) is 5.15 Å². The molecule has 0 saturated carbocycles. The smallest absolute Gasteiger partial charge is 0.337 e. The van der Waals surface area contributed by atoms with Crippen molar-refractivity contribution in [2.75, 3.05) is 5.43 Å². The van der Waals surface area contributed by atoms with Crippen LogP contribution in [0.25, 0.3) is 0 Å². The molecule has 1 heterocycles. The van der Waals surface area contributed by atoms with Gasteiger partial charge in [-0.2, -0.15) is 10.2 Å². The molecule has 0 spiro atoms. The zero-order valence-electron chi connectivity index (χ0n) is 14.4. The summed E-state index contributed by atoms with van der Waals surface area (Å²) >= 11 is 12.3. The lowest BCUT2D eigenvalue weighted by Gasteiger charge is -2.04. The number of nitrogens with zero attached hydrogens (tertiary/aromatic N) is 3. The summed E-state index contributed by atoms with van der Waals surface area (Å²) in [7, 11) is 0. The molecule has 0 amide bonds. The minimum atomic E-state index is -1.03. The monoisotopic (exact) mass is 402 g/mol. The Morgan fingerprint density at radius 3 is 2.63 bits per heavy atom. The molecular weight excluding hydrogens is 387 g/mol. The standard InChI is InChI=1S/C19H16Cl2N4O2/c1-12-16(10-22-23-17-5-3-2-4-15(17)19(26)27)18(21)25(24-12)11-13-6-8-14(20)9-7-13/h2-10,23H,11H2,1H3,(H,26,27)/b22-10+. The average Bonchev–Trinajstić information content (AvgIpc) is 2.91. The zero-order valence-corrected chi connectivity index (χ0v) is 15.9. The van der Waals surface area contributed by atoms with Gasteiger partial charge in [0.15, 0.2) is 0 Å². The maximum atomic E-state index is 11.2. The molecule has 27 heavy (non-hydrogen) atoms. The Bertz CT molecular complexity index is 997. The van der Waals surface area contributed by atoms with E-state index >= 15 is 0 Å². The van der Waals surface area contributed by atoms with E-state index in [0.29, 0.717) is 33.7 Å². The van der Waals surface area contributed by atoms with E-state index in [0.717, 1.165) is 5.56 Å². The highest BCUT2D eigenvalue weighted by atomic mass is 35.5. The number of carbonyl (C=O) groups is 1. The zero-order chi connectivity index (χ0) is 19.4. The van der Waals surface area contributed by atoms with Crippen molar-refractivity contribution in [3.63, 3.8) is 0 Å². The van der Waals surface area contributed by atoms with Crippen LogP contribution in [-0.4, -0.2) is 27.1 Å². The number of aromatic nitrogens is 2. The molecular formula is C19H16Cl2N4O2. The van der Waals surface area contributed by atoms with Gasteiger partial charge in [-0.3, -0.25) is 5.43 Å². The first kappa shape index (κ1) is 18.9. The number of carboxylic acids is 1. The Hall–Kier alpha value is -2.83. The number of para-hydroxylation sites is 1. The second-order valence-electron chi connectivity index (χ2n) is 5.79. The number of halogens is 2. The third-order valence-corrected chi connectivity index (χ3v) is 4.54.